The molecule has 0 heterocycles. The summed E-state index contributed by atoms with van der Waals surface area (Å²) in [6.07, 6.45) is 5.18. The first kappa shape index (κ1) is 33.8. The summed E-state index contributed by atoms with van der Waals surface area (Å²) in [5.74, 6) is -15.4. The van der Waals surface area contributed by atoms with Crippen LogP contribution in [0.5, 0.6) is 5.75 Å². The van der Waals surface area contributed by atoms with Gasteiger partial charge in [-0.2, -0.15) is 4.31 Å². The third kappa shape index (κ3) is 6.66. The molecule has 0 saturated heterocycles. The number of hydrogen-bond donors (Lipinski definition) is 2. The topological polar surface area (TPSA) is 115 Å². The lowest BCUT2D eigenvalue weighted by molar-refractivity contribution is -0.122. The Balaban J connectivity index is 1.74. The lowest BCUT2D eigenvalue weighted by Crippen LogP contribution is -2.49. The summed E-state index contributed by atoms with van der Waals surface area (Å²) >= 11 is 0. The van der Waals surface area contributed by atoms with E-state index in [0.29, 0.717) is 11.5 Å². The minimum atomic E-state index is -5.49. The van der Waals surface area contributed by atoms with Crippen LogP contribution in [0, 0.1) is 29.1 Å². The van der Waals surface area contributed by atoms with Gasteiger partial charge in [-0.1, -0.05) is 50.5 Å². The smallest absolute Gasteiger partial charge is 0.339 e. The van der Waals surface area contributed by atoms with Gasteiger partial charge in [0, 0.05) is 18.8 Å². The second-order valence-electron chi connectivity index (χ2n) is 10.9. The van der Waals surface area contributed by atoms with Gasteiger partial charge in [0.1, 0.15) is 17.4 Å². The molecule has 2 N–H and O–H groups in total. The summed E-state index contributed by atoms with van der Waals surface area (Å²) in [4.78, 5) is 24.4. The number of rotatable bonds is 10. The summed E-state index contributed by atoms with van der Waals surface area (Å²) in [7, 11) is -4.72. The monoisotopic (exact) mass is 654 g/mol. The zero-order valence-corrected chi connectivity index (χ0v) is 25.2. The lowest BCUT2D eigenvalue weighted by Gasteiger charge is -2.32. The number of carboxylic acids is 1. The number of carbonyl (C=O) groups excluding carboxylic acids is 1. The molecule has 0 bridgehead atoms. The maximum Gasteiger partial charge on any atom is 0.339 e. The molecule has 45 heavy (non-hydrogen) atoms. The Morgan fingerprint density at radius 2 is 1.44 bits per heavy atom. The lowest BCUT2D eigenvalue weighted by atomic mass is 9.84. The number of carbonyl (C=O) groups is 2. The normalized spacial score (nSPS) is 14.8. The number of amides is 1. The molecule has 1 saturated carbocycles. The molecular formula is C31H31F5N2O6S. The molecule has 0 unspecified atom stereocenters. The number of phenols is 1. The Labute approximate surface area is 256 Å². The van der Waals surface area contributed by atoms with E-state index in [1.807, 2.05) is 12.1 Å². The fourth-order valence-electron chi connectivity index (χ4n) is 5.57. The van der Waals surface area contributed by atoms with Gasteiger partial charge in [-0.05, 0) is 48.4 Å². The number of hydrogen-bond acceptors (Lipinski definition) is 5. The average Bonchev–Trinajstić information content (AvgIpc) is 3.02. The predicted octanol–water partition coefficient (Wildman–Crippen LogP) is 6.47. The van der Waals surface area contributed by atoms with Gasteiger partial charge >= 0.3 is 5.97 Å². The van der Waals surface area contributed by atoms with Crippen LogP contribution < -0.4 is 4.90 Å². The highest BCUT2D eigenvalue weighted by atomic mass is 32.2. The van der Waals surface area contributed by atoms with Crippen molar-refractivity contribution in [2.24, 2.45) is 0 Å². The number of nitrogens with zero attached hydrogens (tertiary/aromatic N) is 2. The fourth-order valence-corrected chi connectivity index (χ4v) is 7.06. The number of aromatic hydroxyl groups is 1. The van der Waals surface area contributed by atoms with Crippen molar-refractivity contribution < 1.29 is 50.2 Å². The highest BCUT2D eigenvalue weighted by molar-refractivity contribution is 7.89. The Morgan fingerprint density at radius 3 is 1.96 bits per heavy atom. The van der Waals surface area contributed by atoms with E-state index in [4.69, 9.17) is 0 Å². The number of likely N-dealkylation sites (N-methyl/N-ethyl adjacent to an activating group) is 1. The van der Waals surface area contributed by atoms with Gasteiger partial charge in [-0.15, -0.1) is 0 Å². The maximum atomic E-state index is 14.6. The molecule has 0 aromatic heterocycles. The summed E-state index contributed by atoms with van der Waals surface area (Å²) in [6, 6.07) is 8.87. The number of halogens is 5. The van der Waals surface area contributed by atoms with Gasteiger partial charge in [0.25, 0.3) is 0 Å². The van der Waals surface area contributed by atoms with Crippen molar-refractivity contribution in [2.45, 2.75) is 68.8 Å². The molecule has 4 rings (SSSR count). The van der Waals surface area contributed by atoms with E-state index in [1.54, 1.807) is 12.1 Å². The first-order valence-electron chi connectivity index (χ1n) is 14.2. The van der Waals surface area contributed by atoms with Crippen LogP contribution in [0.1, 0.15) is 72.9 Å². The zero-order valence-electron chi connectivity index (χ0n) is 24.4. The summed E-state index contributed by atoms with van der Waals surface area (Å²) in [5.41, 5.74) is 1.17. The fraction of sp³-hybridized carbons (Fsp3) is 0.355. The number of aromatic carboxylic acids is 1. The van der Waals surface area contributed by atoms with Crippen molar-refractivity contribution in [1.82, 2.24) is 4.31 Å². The molecule has 0 spiro atoms. The molecule has 3 aromatic carbocycles. The minimum Gasteiger partial charge on any atom is -0.507 e. The van der Waals surface area contributed by atoms with Crippen molar-refractivity contribution in [3.63, 3.8) is 0 Å². The van der Waals surface area contributed by atoms with E-state index >= 15 is 0 Å². The van der Waals surface area contributed by atoms with Crippen molar-refractivity contribution in [1.29, 1.82) is 0 Å². The molecule has 1 aliphatic carbocycles. The van der Waals surface area contributed by atoms with E-state index in [2.05, 4.69) is 0 Å². The Morgan fingerprint density at radius 1 is 0.889 bits per heavy atom. The summed E-state index contributed by atoms with van der Waals surface area (Å²) < 4.78 is 97.4. The van der Waals surface area contributed by atoms with Gasteiger partial charge in [0.2, 0.25) is 21.7 Å². The Kier molecular flexibility index (Phi) is 10.2. The highest BCUT2D eigenvalue weighted by Crippen LogP contribution is 2.34. The molecular weight excluding hydrogens is 623 g/mol. The molecule has 242 valence electrons. The first-order valence-corrected chi connectivity index (χ1v) is 15.6. The quantitative estimate of drug-likeness (QED) is 0.147. The molecule has 14 heteroatoms. The third-order valence-corrected chi connectivity index (χ3v) is 9.99. The molecule has 1 atom stereocenters. The van der Waals surface area contributed by atoms with Crippen LogP contribution in [0.2, 0.25) is 0 Å². The van der Waals surface area contributed by atoms with Crippen molar-refractivity contribution in [3.05, 3.63) is 88.2 Å². The summed E-state index contributed by atoms with van der Waals surface area (Å²) in [6.45, 7) is 1.16. The largest absolute Gasteiger partial charge is 0.507 e. The zero-order chi connectivity index (χ0) is 33.2. The standard InChI is InChI=1S/C31H31F5N2O6S/c1-3-22(37(2)45(43,44)29-27(35)25(33)24(32)26(34)28(29)36)30(40)38(20-13-14-21(31(41)42)23(39)15-20)16-17-9-11-19(12-10-17)18-7-5-4-6-8-18/h9-15,18,22,39H,3-8,16H2,1-2H3,(H,41,42)/t22-/m1/s1. The van der Waals surface area contributed by atoms with Crippen LogP contribution in [0.25, 0.3) is 0 Å². The SMILES string of the molecule is CC[C@H](C(=O)N(Cc1ccc(C2CCCCC2)cc1)c1ccc(C(=O)O)c(O)c1)N(C)S(=O)(=O)c1c(F)c(F)c(F)c(F)c1F. The van der Waals surface area contributed by atoms with Crippen LogP contribution in [0.4, 0.5) is 27.6 Å². The second-order valence-corrected chi connectivity index (χ2v) is 12.8. The van der Waals surface area contributed by atoms with E-state index in [-0.39, 0.29) is 23.0 Å². The van der Waals surface area contributed by atoms with Crippen molar-refractivity contribution >= 4 is 27.6 Å². The third-order valence-electron chi connectivity index (χ3n) is 8.10. The van der Waals surface area contributed by atoms with Gasteiger partial charge in [-0.25, -0.2) is 35.2 Å². The van der Waals surface area contributed by atoms with Crippen LogP contribution in [0.3, 0.4) is 0 Å². The van der Waals surface area contributed by atoms with Gasteiger partial charge < -0.3 is 15.1 Å². The highest BCUT2D eigenvalue weighted by Gasteiger charge is 2.41. The van der Waals surface area contributed by atoms with Crippen LogP contribution in [-0.4, -0.2) is 47.9 Å². The van der Waals surface area contributed by atoms with Gasteiger partial charge in [0.05, 0.1) is 6.54 Å². The number of benzene rings is 3. The van der Waals surface area contributed by atoms with Crippen LogP contribution in [0.15, 0.2) is 47.4 Å². The average molecular weight is 655 g/mol. The predicted molar refractivity (Wildman–Crippen MR) is 154 cm³/mol. The Bertz CT molecular complexity index is 1680. The maximum absolute atomic E-state index is 14.6. The molecule has 0 aliphatic heterocycles. The van der Waals surface area contributed by atoms with Gasteiger partial charge in [-0.3, -0.25) is 4.79 Å². The van der Waals surface area contributed by atoms with Crippen molar-refractivity contribution in [2.75, 3.05) is 11.9 Å². The van der Waals surface area contributed by atoms with E-state index in [9.17, 15) is 50.2 Å². The number of carboxylic acid groups (broad SMARTS) is 1. The van der Waals surface area contributed by atoms with Crippen LogP contribution in [-0.2, 0) is 21.4 Å². The van der Waals surface area contributed by atoms with Crippen LogP contribution >= 0.6 is 0 Å². The first-order chi connectivity index (χ1) is 21.2. The second kappa shape index (κ2) is 13.5. The summed E-state index contributed by atoms with van der Waals surface area (Å²) in [5, 5.41) is 19.7. The number of sulfonamides is 1. The number of anilines is 1. The molecule has 1 fully saturated rings. The van der Waals surface area contributed by atoms with Gasteiger partial charge in [0.15, 0.2) is 28.2 Å². The molecule has 1 aliphatic rings. The Hall–Kier alpha value is -4.04. The molecule has 1 amide bonds. The molecule has 3 aromatic rings. The minimum absolute atomic E-state index is 0.0423. The van der Waals surface area contributed by atoms with Crippen molar-refractivity contribution in [3.8, 4) is 5.75 Å². The van der Waals surface area contributed by atoms with E-state index in [1.165, 1.54) is 19.4 Å². The van der Waals surface area contributed by atoms with E-state index < -0.39 is 73.2 Å². The molecule has 8 nitrogen and oxygen atoms in total. The van der Waals surface area contributed by atoms with E-state index in [0.717, 1.165) is 55.3 Å². The molecule has 0 radical (unpaired) electrons.